The van der Waals surface area contributed by atoms with E-state index in [0.717, 1.165) is 0 Å². The van der Waals surface area contributed by atoms with Crippen LogP contribution in [0.3, 0.4) is 0 Å². The maximum Gasteiger partial charge on any atom is 0.336 e. The number of carbonyl (C=O) groups excluding carboxylic acids is 1. The summed E-state index contributed by atoms with van der Waals surface area (Å²) in [6.07, 6.45) is -0.420. The molecule has 0 amide bonds. The summed E-state index contributed by atoms with van der Waals surface area (Å²) in [5.74, 6) is -0.301. The van der Waals surface area contributed by atoms with Crippen molar-refractivity contribution in [1.82, 2.24) is 5.32 Å². The maximum atomic E-state index is 10.9. The van der Waals surface area contributed by atoms with Gasteiger partial charge in [0.1, 0.15) is 0 Å². The molecular formula is C7H13NO3. The third kappa shape index (κ3) is 2.17. The zero-order chi connectivity index (χ0) is 8.27. The van der Waals surface area contributed by atoms with E-state index in [-0.39, 0.29) is 5.97 Å². The number of ether oxygens (including phenoxy) is 2. The van der Waals surface area contributed by atoms with Crippen LogP contribution in [0.2, 0.25) is 0 Å². The van der Waals surface area contributed by atoms with Crippen LogP contribution in [0.15, 0.2) is 0 Å². The number of methoxy groups -OCH3 is 1. The first-order valence-corrected chi connectivity index (χ1v) is 3.67. The molecule has 1 aliphatic rings. The minimum Gasteiger partial charge on any atom is -0.467 e. The Morgan fingerprint density at radius 2 is 2.45 bits per heavy atom. The fourth-order valence-electron chi connectivity index (χ4n) is 0.969. The Balaban J connectivity index is 2.33. The zero-order valence-corrected chi connectivity index (χ0v) is 6.79. The summed E-state index contributed by atoms with van der Waals surface area (Å²) in [5, 5.41) is 3.12. The van der Waals surface area contributed by atoms with E-state index in [9.17, 15) is 4.79 Å². The number of hydrogen-bond donors (Lipinski definition) is 1. The lowest BCUT2D eigenvalue weighted by Gasteiger charge is -2.26. The Hall–Kier alpha value is -0.610. The van der Waals surface area contributed by atoms with E-state index in [0.29, 0.717) is 19.2 Å². The van der Waals surface area contributed by atoms with Gasteiger partial charge in [-0.15, -0.1) is 0 Å². The van der Waals surface area contributed by atoms with Crippen LogP contribution in [0.5, 0.6) is 0 Å². The smallest absolute Gasteiger partial charge is 0.336 e. The third-order valence-electron chi connectivity index (χ3n) is 1.66. The van der Waals surface area contributed by atoms with Crippen LogP contribution in [-0.2, 0) is 14.3 Å². The van der Waals surface area contributed by atoms with Crippen molar-refractivity contribution in [1.29, 1.82) is 0 Å². The van der Waals surface area contributed by atoms with E-state index in [1.54, 1.807) is 0 Å². The zero-order valence-electron chi connectivity index (χ0n) is 6.79. The van der Waals surface area contributed by atoms with E-state index in [1.807, 2.05) is 6.92 Å². The number of morpholine rings is 1. The molecule has 0 radical (unpaired) electrons. The molecule has 1 rings (SSSR count). The molecule has 11 heavy (non-hydrogen) atoms. The van der Waals surface area contributed by atoms with Gasteiger partial charge in [0.25, 0.3) is 0 Å². The van der Waals surface area contributed by atoms with E-state index in [2.05, 4.69) is 10.1 Å². The van der Waals surface area contributed by atoms with Gasteiger partial charge in [0, 0.05) is 12.6 Å². The van der Waals surface area contributed by atoms with Crippen molar-refractivity contribution < 1.29 is 14.3 Å². The van der Waals surface area contributed by atoms with Crippen LogP contribution in [-0.4, -0.2) is 38.4 Å². The largest absolute Gasteiger partial charge is 0.467 e. The summed E-state index contributed by atoms with van der Waals surface area (Å²) >= 11 is 0. The summed E-state index contributed by atoms with van der Waals surface area (Å²) in [4.78, 5) is 10.9. The van der Waals surface area contributed by atoms with Crippen molar-refractivity contribution in [3.05, 3.63) is 0 Å². The van der Waals surface area contributed by atoms with E-state index in [4.69, 9.17) is 4.74 Å². The number of rotatable bonds is 1. The number of hydrogen-bond acceptors (Lipinski definition) is 4. The summed E-state index contributed by atoms with van der Waals surface area (Å²) in [6.45, 7) is 3.13. The highest BCUT2D eigenvalue weighted by atomic mass is 16.6. The van der Waals surface area contributed by atoms with Crippen molar-refractivity contribution in [2.45, 2.75) is 19.1 Å². The van der Waals surface area contributed by atoms with Crippen molar-refractivity contribution in [2.75, 3.05) is 20.3 Å². The van der Waals surface area contributed by atoms with Gasteiger partial charge in [0.15, 0.2) is 6.10 Å². The minimum absolute atomic E-state index is 0.301. The van der Waals surface area contributed by atoms with Crippen LogP contribution in [0.1, 0.15) is 6.92 Å². The lowest BCUT2D eigenvalue weighted by Crippen LogP contribution is -2.48. The van der Waals surface area contributed by atoms with E-state index >= 15 is 0 Å². The normalized spacial score (nSPS) is 31.5. The van der Waals surface area contributed by atoms with Gasteiger partial charge in [-0.3, -0.25) is 0 Å². The van der Waals surface area contributed by atoms with E-state index in [1.165, 1.54) is 7.11 Å². The summed E-state index contributed by atoms with van der Waals surface area (Å²) in [6, 6.07) is 0.330. The SMILES string of the molecule is COC(=O)[C@@H]1CN[C@@H](C)CO1. The molecule has 2 atom stereocenters. The number of carbonyl (C=O) groups is 1. The van der Waals surface area contributed by atoms with Gasteiger partial charge in [-0.2, -0.15) is 0 Å². The van der Waals surface area contributed by atoms with Gasteiger partial charge in [0.2, 0.25) is 0 Å². The first kappa shape index (κ1) is 8.49. The topological polar surface area (TPSA) is 47.6 Å². The molecule has 0 spiro atoms. The first-order valence-electron chi connectivity index (χ1n) is 3.67. The molecule has 0 bridgehead atoms. The van der Waals surface area contributed by atoms with Gasteiger partial charge in [-0.1, -0.05) is 0 Å². The molecule has 0 aromatic rings. The van der Waals surface area contributed by atoms with Gasteiger partial charge in [-0.25, -0.2) is 4.79 Å². The second-order valence-corrected chi connectivity index (χ2v) is 2.65. The molecule has 4 nitrogen and oxygen atoms in total. The van der Waals surface area contributed by atoms with Crippen molar-refractivity contribution >= 4 is 5.97 Å². The molecule has 0 saturated carbocycles. The second kappa shape index (κ2) is 3.69. The number of esters is 1. The Bertz CT molecular complexity index is 141. The van der Waals surface area contributed by atoms with Crippen LogP contribution < -0.4 is 5.32 Å². The van der Waals surface area contributed by atoms with Gasteiger partial charge >= 0.3 is 5.97 Å². The van der Waals surface area contributed by atoms with Crippen LogP contribution in [0, 0.1) is 0 Å². The quantitative estimate of drug-likeness (QED) is 0.526. The van der Waals surface area contributed by atoms with Gasteiger partial charge in [-0.05, 0) is 6.92 Å². The highest BCUT2D eigenvalue weighted by Crippen LogP contribution is 2.01. The summed E-state index contributed by atoms with van der Waals surface area (Å²) in [7, 11) is 1.36. The molecule has 0 aliphatic carbocycles. The maximum absolute atomic E-state index is 10.9. The van der Waals surface area contributed by atoms with Gasteiger partial charge in [0.05, 0.1) is 13.7 Å². The fraction of sp³-hybridized carbons (Fsp3) is 0.857. The Kier molecular flexibility index (Phi) is 2.84. The lowest BCUT2D eigenvalue weighted by molar-refractivity contribution is -0.156. The molecule has 0 unspecified atom stereocenters. The predicted octanol–water partition coefficient (Wildman–Crippen LogP) is -0.464. The van der Waals surface area contributed by atoms with Crippen LogP contribution in [0.25, 0.3) is 0 Å². The molecule has 1 aliphatic heterocycles. The summed E-state index contributed by atoms with van der Waals surface area (Å²) < 4.78 is 9.73. The molecular weight excluding hydrogens is 146 g/mol. The molecule has 1 saturated heterocycles. The highest BCUT2D eigenvalue weighted by molar-refractivity contribution is 5.74. The molecule has 1 heterocycles. The highest BCUT2D eigenvalue weighted by Gasteiger charge is 2.24. The second-order valence-electron chi connectivity index (χ2n) is 2.65. The van der Waals surface area contributed by atoms with E-state index < -0.39 is 6.10 Å². The molecule has 0 aromatic carbocycles. The Morgan fingerprint density at radius 1 is 1.73 bits per heavy atom. The van der Waals surface area contributed by atoms with Gasteiger partial charge < -0.3 is 14.8 Å². The minimum atomic E-state index is -0.420. The van der Waals surface area contributed by atoms with Crippen LogP contribution >= 0.6 is 0 Å². The van der Waals surface area contributed by atoms with Crippen LogP contribution in [0.4, 0.5) is 0 Å². The lowest BCUT2D eigenvalue weighted by atomic mass is 10.2. The molecule has 0 aromatic heterocycles. The molecule has 1 N–H and O–H groups in total. The predicted molar refractivity (Wildman–Crippen MR) is 39.2 cm³/mol. The Labute approximate surface area is 65.9 Å². The van der Waals surface area contributed by atoms with Crippen molar-refractivity contribution in [2.24, 2.45) is 0 Å². The standard InChI is InChI=1S/C7H13NO3/c1-5-4-11-6(3-8-5)7(9)10-2/h5-6,8H,3-4H2,1-2H3/t5-,6-/m0/s1. The van der Waals surface area contributed by atoms with Crippen molar-refractivity contribution in [3.8, 4) is 0 Å². The number of nitrogens with one attached hydrogen (secondary N) is 1. The molecule has 64 valence electrons. The summed E-state index contributed by atoms with van der Waals surface area (Å²) in [5.41, 5.74) is 0. The molecule has 4 heteroatoms. The average Bonchev–Trinajstić information content (AvgIpc) is 2.05. The third-order valence-corrected chi connectivity index (χ3v) is 1.66. The fourth-order valence-corrected chi connectivity index (χ4v) is 0.969. The average molecular weight is 159 g/mol. The first-order chi connectivity index (χ1) is 5.24. The van der Waals surface area contributed by atoms with Crippen molar-refractivity contribution in [3.63, 3.8) is 0 Å². The monoisotopic (exact) mass is 159 g/mol. The molecule has 1 fully saturated rings. The Morgan fingerprint density at radius 3 is 2.91 bits per heavy atom.